The van der Waals surface area contributed by atoms with E-state index in [-0.39, 0.29) is 6.42 Å². The molecule has 0 aliphatic heterocycles. The predicted octanol–water partition coefficient (Wildman–Crippen LogP) is 4.45. The van der Waals surface area contributed by atoms with E-state index in [1.807, 2.05) is 6.92 Å². The number of carbonyl (C=O) groups is 1. The molecule has 1 N–H and O–H groups in total. The van der Waals surface area contributed by atoms with Crippen LogP contribution in [0.1, 0.15) is 42.0 Å². The van der Waals surface area contributed by atoms with Crippen molar-refractivity contribution in [1.82, 2.24) is 0 Å². The number of carboxylic acids is 1. The van der Waals surface area contributed by atoms with E-state index in [2.05, 4.69) is 0 Å². The van der Waals surface area contributed by atoms with Crippen molar-refractivity contribution in [1.29, 1.82) is 0 Å². The first-order valence-electron chi connectivity index (χ1n) is 6.34. The molecule has 0 fully saturated rings. The van der Waals surface area contributed by atoms with Crippen LogP contribution >= 0.6 is 0 Å². The first-order valence-corrected chi connectivity index (χ1v) is 6.34. The zero-order valence-corrected chi connectivity index (χ0v) is 11.4. The van der Waals surface area contributed by atoms with Crippen molar-refractivity contribution in [3.8, 4) is 0 Å². The van der Waals surface area contributed by atoms with Crippen LogP contribution in [-0.4, -0.2) is 11.1 Å². The van der Waals surface area contributed by atoms with Crippen LogP contribution in [0.25, 0.3) is 6.08 Å². The lowest BCUT2D eigenvalue weighted by Crippen LogP contribution is -2.07. The molecule has 2 nitrogen and oxygen atoms in total. The molecule has 0 heterocycles. The second-order valence-corrected chi connectivity index (χ2v) is 4.61. The molecular formula is C15H17F3O2. The van der Waals surface area contributed by atoms with Crippen LogP contribution in [0.5, 0.6) is 0 Å². The summed E-state index contributed by atoms with van der Waals surface area (Å²) in [4.78, 5) is 10.5. The smallest absolute Gasteiger partial charge is 0.416 e. The Labute approximate surface area is 115 Å². The summed E-state index contributed by atoms with van der Waals surface area (Å²) in [6.45, 7) is 3.50. The normalized spacial score (nSPS) is 12.1. The van der Waals surface area contributed by atoms with Gasteiger partial charge in [-0.1, -0.05) is 25.5 Å². The van der Waals surface area contributed by atoms with Gasteiger partial charge >= 0.3 is 12.1 Å². The average Bonchev–Trinajstić information content (AvgIpc) is 2.30. The van der Waals surface area contributed by atoms with Gasteiger partial charge in [0.05, 0.1) is 12.0 Å². The molecule has 0 bridgehead atoms. The largest absolute Gasteiger partial charge is 0.481 e. The fourth-order valence-corrected chi connectivity index (χ4v) is 2.03. The van der Waals surface area contributed by atoms with E-state index in [9.17, 15) is 18.0 Å². The van der Waals surface area contributed by atoms with Crippen molar-refractivity contribution >= 4 is 12.0 Å². The summed E-state index contributed by atoms with van der Waals surface area (Å²) in [5.74, 6) is -0.970. The Kier molecular flexibility index (Phi) is 5.36. The fraction of sp³-hybridized carbons (Fsp3) is 0.400. The van der Waals surface area contributed by atoms with Gasteiger partial charge in [0.1, 0.15) is 0 Å². The van der Waals surface area contributed by atoms with Gasteiger partial charge in [0, 0.05) is 0 Å². The third kappa shape index (κ3) is 4.40. The van der Waals surface area contributed by atoms with Gasteiger partial charge in [0.25, 0.3) is 0 Å². The first-order chi connectivity index (χ1) is 9.25. The Morgan fingerprint density at radius 2 is 2.00 bits per heavy atom. The molecule has 0 saturated carbocycles. The summed E-state index contributed by atoms with van der Waals surface area (Å²) in [6.07, 6.45) is -0.216. The number of aliphatic carboxylic acids is 1. The second kappa shape index (κ2) is 6.59. The molecule has 0 saturated heterocycles. The molecule has 110 valence electrons. The highest BCUT2D eigenvalue weighted by molar-refractivity contribution is 5.71. The molecule has 0 amide bonds. The van der Waals surface area contributed by atoms with E-state index in [0.29, 0.717) is 23.1 Å². The maximum absolute atomic E-state index is 12.8. The average molecular weight is 286 g/mol. The van der Waals surface area contributed by atoms with Gasteiger partial charge in [-0.25, -0.2) is 0 Å². The third-order valence-electron chi connectivity index (χ3n) is 2.90. The number of rotatable bonds is 5. The van der Waals surface area contributed by atoms with Gasteiger partial charge in [-0.2, -0.15) is 13.2 Å². The predicted molar refractivity (Wildman–Crippen MR) is 71.5 cm³/mol. The molecule has 1 rings (SSSR count). The van der Waals surface area contributed by atoms with Gasteiger partial charge in [-0.05, 0) is 42.2 Å². The quantitative estimate of drug-likeness (QED) is 0.868. The summed E-state index contributed by atoms with van der Waals surface area (Å²) >= 11 is 0. The minimum atomic E-state index is -4.36. The monoisotopic (exact) mass is 286 g/mol. The molecule has 20 heavy (non-hydrogen) atoms. The lowest BCUT2D eigenvalue weighted by atomic mass is 9.95. The summed E-state index contributed by atoms with van der Waals surface area (Å²) in [5.41, 5.74) is 1.13. The van der Waals surface area contributed by atoms with E-state index in [4.69, 9.17) is 5.11 Å². The lowest BCUT2D eigenvalue weighted by Gasteiger charge is -2.14. The molecule has 1 aromatic rings. The van der Waals surface area contributed by atoms with Crippen LogP contribution in [0.15, 0.2) is 18.2 Å². The zero-order valence-electron chi connectivity index (χ0n) is 11.4. The van der Waals surface area contributed by atoms with Crippen molar-refractivity contribution in [2.45, 2.75) is 39.3 Å². The van der Waals surface area contributed by atoms with Gasteiger partial charge in [-0.3, -0.25) is 4.79 Å². The molecule has 0 aromatic heterocycles. The van der Waals surface area contributed by atoms with Gasteiger partial charge in [-0.15, -0.1) is 0 Å². The summed E-state index contributed by atoms with van der Waals surface area (Å²) in [5, 5.41) is 8.58. The van der Waals surface area contributed by atoms with Crippen LogP contribution in [0.4, 0.5) is 13.2 Å². The van der Waals surface area contributed by atoms with Crippen LogP contribution in [0, 0.1) is 6.92 Å². The van der Waals surface area contributed by atoms with Crippen molar-refractivity contribution in [3.05, 3.63) is 40.5 Å². The van der Waals surface area contributed by atoms with Crippen LogP contribution in [-0.2, 0) is 17.4 Å². The van der Waals surface area contributed by atoms with Crippen LogP contribution < -0.4 is 0 Å². The summed E-state index contributed by atoms with van der Waals surface area (Å²) < 4.78 is 38.3. The number of alkyl halides is 3. The Bertz CT molecular complexity index is 517. The van der Waals surface area contributed by atoms with Gasteiger partial charge in [0.15, 0.2) is 0 Å². The molecule has 1 aromatic carbocycles. The molecule has 5 heteroatoms. The number of aryl methyl sites for hydroxylation is 2. The molecule has 0 aliphatic carbocycles. The SMILES string of the molecule is CCCc1cc(C(F)(F)F)cc(C)c1/C=C/CC(=O)O. The maximum atomic E-state index is 12.8. The summed E-state index contributed by atoms with van der Waals surface area (Å²) in [6, 6.07) is 2.25. The van der Waals surface area contributed by atoms with Gasteiger partial charge < -0.3 is 5.11 Å². The molecule has 0 aliphatic rings. The van der Waals surface area contributed by atoms with Crippen LogP contribution in [0.3, 0.4) is 0 Å². The number of hydrogen-bond acceptors (Lipinski definition) is 1. The first kappa shape index (κ1) is 16.3. The Hall–Kier alpha value is -1.78. The van der Waals surface area contributed by atoms with Crippen molar-refractivity contribution < 1.29 is 23.1 Å². The highest BCUT2D eigenvalue weighted by Gasteiger charge is 2.31. The van der Waals surface area contributed by atoms with E-state index in [1.165, 1.54) is 6.08 Å². The lowest BCUT2D eigenvalue weighted by molar-refractivity contribution is -0.138. The highest BCUT2D eigenvalue weighted by atomic mass is 19.4. The van der Waals surface area contributed by atoms with E-state index >= 15 is 0 Å². The second-order valence-electron chi connectivity index (χ2n) is 4.61. The van der Waals surface area contributed by atoms with Crippen molar-refractivity contribution in [3.63, 3.8) is 0 Å². The number of hydrogen-bond donors (Lipinski definition) is 1. The fourth-order valence-electron chi connectivity index (χ4n) is 2.03. The molecular weight excluding hydrogens is 269 g/mol. The topological polar surface area (TPSA) is 37.3 Å². The standard InChI is InChI=1S/C15H17F3O2/c1-3-5-11-9-12(15(16,17)18)8-10(2)13(11)6-4-7-14(19)20/h4,6,8-9H,3,5,7H2,1-2H3,(H,19,20)/b6-4+. The molecule has 0 radical (unpaired) electrons. The van der Waals surface area contributed by atoms with Crippen molar-refractivity contribution in [2.75, 3.05) is 0 Å². The molecule has 0 atom stereocenters. The number of carboxylic acid groups (broad SMARTS) is 1. The highest BCUT2D eigenvalue weighted by Crippen LogP contribution is 2.33. The van der Waals surface area contributed by atoms with Gasteiger partial charge in [0.2, 0.25) is 0 Å². The minimum Gasteiger partial charge on any atom is -0.481 e. The Morgan fingerprint density at radius 1 is 1.35 bits per heavy atom. The molecule has 0 spiro atoms. The zero-order chi connectivity index (χ0) is 15.3. The third-order valence-corrected chi connectivity index (χ3v) is 2.90. The Balaban J connectivity index is 3.22. The van der Waals surface area contributed by atoms with E-state index in [1.54, 1.807) is 13.0 Å². The Morgan fingerprint density at radius 3 is 2.50 bits per heavy atom. The summed E-state index contributed by atoms with van der Waals surface area (Å²) in [7, 11) is 0. The minimum absolute atomic E-state index is 0.147. The van der Waals surface area contributed by atoms with Crippen LogP contribution in [0.2, 0.25) is 0 Å². The number of halogens is 3. The van der Waals surface area contributed by atoms with Crippen molar-refractivity contribution in [2.24, 2.45) is 0 Å². The maximum Gasteiger partial charge on any atom is 0.416 e. The van der Waals surface area contributed by atoms with E-state index < -0.39 is 17.7 Å². The van der Waals surface area contributed by atoms with E-state index in [0.717, 1.165) is 18.6 Å². The molecule has 0 unspecified atom stereocenters. The number of benzene rings is 1.